The van der Waals surface area contributed by atoms with Crippen molar-refractivity contribution in [2.45, 2.75) is 50.6 Å². The summed E-state index contributed by atoms with van der Waals surface area (Å²) in [4.78, 5) is 15.4. The number of likely N-dealkylation sites (tertiary alicyclic amines) is 1. The molecule has 1 heterocycles. The summed E-state index contributed by atoms with van der Waals surface area (Å²) in [6, 6.07) is 6.06. The van der Waals surface area contributed by atoms with E-state index in [0.717, 1.165) is 55.8 Å². The van der Waals surface area contributed by atoms with E-state index < -0.39 is 5.54 Å². The molecule has 1 fully saturated rings. The highest BCUT2D eigenvalue weighted by molar-refractivity contribution is 5.89. The quantitative estimate of drug-likeness (QED) is 0.863. The van der Waals surface area contributed by atoms with Gasteiger partial charge in [-0.15, -0.1) is 0 Å². The Hall–Kier alpha value is -1.59. The molecule has 3 rings (SSSR count). The first-order chi connectivity index (χ1) is 11.6. The zero-order chi connectivity index (χ0) is 17.2. The van der Waals surface area contributed by atoms with Gasteiger partial charge in [0, 0.05) is 19.1 Å². The average Bonchev–Trinajstić information content (AvgIpc) is 2.95. The largest absolute Gasteiger partial charge is 0.496 e. The molecule has 0 saturated carbocycles. The van der Waals surface area contributed by atoms with E-state index in [1.807, 2.05) is 18.2 Å². The number of hydrogen-bond acceptors (Lipinski definition) is 4. The minimum absolute atomic E-state index is 0.0385. The molecule has 1 aromatic rings. The fourth-order valence-electron chi connectivity index (χ4n) is 4.06. The van der Waals surface area contributed by atoms with E-state index in [9.17, 15) is 4.79 Å². The van der Waals surface area contributed by atoms with Crippen LogP contribution in [0.3, 0.4) is 0 Å². The van der Waals surface area contributed by atoms with Crippen LogP contribution in [0.1, 0.15) is 43.7 Å². The number of piperidine rings is 1. The van der Waals surface area contributed by atoms with Crippen molar-refractivity contribution in [3.8, 4) is 5.75 Å². The summed E-state index contributed by atoms with van der Waals surface area (Å²) in [5.74, 6) is 0.795. The van der Waals surface area contributed by atoms with E-state index in [1.54, 1.807) is 7.11 Å². The second kappa shape index (κ2) is 7.11. The molecule has 3 N–H and O–H groups in total. The third-order valence-corrected chi connectivity index (χ3v) is 5.47. The molecular weight excluding hydrogens is 302 g/mol. The normalized spacial score (nSPS) is 24.6. The molecule has 1 aliphatic heterocycles. The third-order valence-electron chi connectivity index (χ3n) is 5.47. The lowest BCUT2D eigenvalue weighted by Crippen LogP contribution is -2.54. The van der Waals surface area contributed by atoms with Crippen LogP contribution in [0.15, 0.2) is 18.2 Å². The van der Waals surface area contributed by atoms with Gasteiger partial charge in [0.05, 0.1) is 7.11 Å². The van der Waals surface area contributed by atoms with Gasteiger partial charge in [-0.05, 0) is 55.8 Å². The van der Waals surface area contributed by atoms with Gasteiger partial charge in [-0.2, -0.15) is 0 Å². The molecule has 1 unspecified atom stereocenters. The lowest BCUT2D eigenvalue weighted by Gasteiger charge is -2.34. The Bertz CT molecular complexity index is 596. The van der Waals surface area contributed by atoms with Gasteiger partial charge >= 0.3 is 0 Å². The molecule has 1 atom stereocenters. The Morgan fingerprint density at radius 3 is 2.83 bits per heavy atom. The number of hydrogen-bond donors (Lipinski definition) is 2. The summed E-state index contributed by atoms with van der Waals surface area (Å²) < 4.78 is 5.42. The average molecular weight is 331 g/mol. The summed E-state index contributed by atoms with van der Waals surface area (Å²) in [7, 11) is 1.66. The minimum Gasteiger partial charge on any atom is -0.496 e. The minimum atomic E-state index is -0.926. The molecule has 1 saturated heterocycles. The number of rotatable bonds is 5. The number of carbonyl (C=O) groups is 1. The number of amides is 1. The standard InChI is InChI=1S/C19H29N3O2/c1-3-11-22-12-8-14(9-13-22)21-18(23)19(20)10-7-15-16(19)5-4-6-17(15)24-2/h4-6,14H,3,7-13,20H2,1-2H3,(H,21,23). The first-order valence-corrected chi connectivity index (χ1v) is 9.07. The van der Waals surface area contributed by atoms with Gasteiger partial charge in [-0.25, -0.2) is 0 Å². The number of nitrogens with zero attached hydrogens (tertiary/aromatic N) is 1. The number of ether oxygens (including phenoxy) is 1. The lowest BCUT2D eigenvalue weighted by molar-refractivity contribution is -0.127. The Kier molecular flexibility index (Phi) is 5.11. The summed E-state index contributed by atoms with van der Waals surface area (Å²) in [5, 5.41) is 3.21. The van der Waals surface area contributed by atoms with Crippen molar-refractivity contribution < 1.29 is 9.53 Å². The first kappa shape index (κ1) is 17.2. The number of nitrogens with one attached hydrogen (secondary N) is 1. The van der Waals surface area contributed by atoms with Crippen molar-refractivity contribution in [3.05, 3.63) is 29.3 Å². The van der Waals surface area contributed by atoms with E-state index in [4.69, 9.17) is 10.5 Å². The van der Waals surface area contributed by atoms with Crippen molar-refractivity contribution in [2.24, 2.45) is 5.73 Å². The maximum Gasteiger partial charge on any atom is 0.244 e. The number of benzene rings is 1. The SMILES string of the molecule is CCCN1CCC(NC(=O)C2(N)CCc3c(OC)cccc32)CC1. The molecule has 1 aliphatic carbocycles. The van der Waals surface area contributed by atoms with Crippen LogP contribution < -0.4 is 15.8 Å². The van der Waals surface area contributed by atoms with Crippen molar-refractivity contribution in [3.63, 3.8) is 0 Å². The van der Waals surface area contributed by atoms with Crippen LogP contribution in [0.4, 0.5) is 0 Å². The van der Waals surface area contributed by atoms with Crippen molar-refractivity contribution in [1.82, 2.24) is 10.2 Å². The van der Waals surface area contributed by atoms with E-state index in [0.29, 0.717) is 6.42 Å². The Morgan fingerprint density at radius 1 is 1.42 bits per heavy atom. The smallest absolute Gasteiger partial charge is 0.244 e. The van der Waals surface area contributed by atoms with Crippen LogP contribution in [0, 0.1) is 0 Å². The van der Waals surface area contributed by atoms with E-state index in [-0.39, 0.29) is 11.9 Å². The van der Waals surface area contributed by atoms with Gasteiger partial charge < -0.3 is 20.7 Å². The molecule has 0 radical (unpaired) electrons. The molecule has 5 heteroatoms. The van der Waals surface area contributed by atoms with Gasteiger partial charge in [-0.3, -0.25) is 4.79 Å². The molecule has 1 aromatic carbocycles. The maximum absolute atomic E-state index is 12.9. The number of methoxy groups -OCH3 is 1. The highest BCUT2D eigenvalue weighted by Crippen LogP contribution is 2.39. The Labute approximate surface area is 144 Å². The van der Waals surface area contributed by atoms with E-state index in [2.05, 4.69) is 17.1 Å². The first-order valence-electron chi connectivity index (χ1n) is 9.07. The predicted octanol–water partition coefficient (Wildman–Crippen LogP) is 1.79. The molecule has 24 heavy (non-hydrogen) atoms. The van der Waals surface area contributed by atoms with E-state index in [1.165, 1.54) is 6.42 Å². The Balaban J connectivity index is 1.67. The molecule has 0 bridgehead atoms. The van der Waals surface area contributed by atoms with Crippen LogP contribution >= 0.6 is 0 Å². The van der Waals surface area contributed by atoms with Crippen LogP contribution in [-0.4, -0.2) is 43.6 Å². The number of fused-ring (bicyclic) bond motifs is 1. The van der Waals surface area contributed by atoms with Gasteiger partial charge in [0.25, 0.3) is 0 Å². The molecule has 1 amide bonds. The van der Waals surface area contributed by atoms with Gasteiger partial charge in [0.1, 0.15) is 11.3 Å². The van der Waals surface area contributed by atoms with E-state index >= 15 is 0 Å². The van der Waals surface area contributed by atoms with Crippen LogP contribution in [-0.2, 0) is 16.8 Å². The van der Waals surface area contributed by atoms with Crippen molar-refractivity contribution in [2.75, 3.05) is 26.7 Å². The van der Waals surface area contributed by atoms with Gasteiger partial charge in [0.15, 0.2) is 0 Å². The molecule has 0 aromatic heterocycles. The van der Waals surface area contributed by atoms with Crippen molar-refractivity contribution in [1.29, 1.82) is 0 Å². The molecular formula is C19H29N3O2. The molecule has 5 nitrogen and oxygen atoms in total. The maximum atomic E-state index is 12.9. The third kappa shape index (κ3) is 3.15. The summed E-state index contributed by atoms with van der Waals surface area (Å²) in [5.41, 5.74) is 7.62. The van der Waals surface area contributed by atoms with Gasteiger partial charge in [-0.1, -0.05) is 19.1 Å². The summed E-state index contributed by atoms with van der Waals surface area (Å²) in [6.07, 6.45) is 4.63. The predicted molar refractivity (Wildman–Crippen MR) is 95.1 cm³/mol. The monoisotopic (exact) mass is 331 g/mol. The fourth-order valence-corrected chi connectivity index (χ4v) is 4.06. The highest BCUT2D eigenvalue weighted by Gasteiger charge is 2.43. The number of carbonyl (C=O) groups excluding carboxylic acids is 1. The zero-order valence-electron chi connectivity index (χ0n) is 14.8. The summed E-state index contributed by atoms with van der Waals surface area (Å²) >= 11 is 0. The molecule has 0 spiro atoms. The van der Waals surface area contributed by atoms with Crippen LogP contribution in [0.25, 0.3) is 0 Å². The van der Waals surface area contributed by atoms with Crippen LogP contribution in [0.5, 0.6) is 5.75 Å². The van der Waals surface area contributed by atoms with Crippen LogP contribution in [0.2, 0.25) is 0 Å². The lowest BCUT2D eigenvalue weighted by atomic mass is 9.91. The zero-order valence-corrected chi connectivity index (χ0v) is 14.8. The number of nitrogens with two attached hydrogens (primary N) is 1. The second-order valence-corrected chi connectivity index (χ2v) is 7.05. The highest BCUT2D eigenvalue weighted by atomic mass is 16.5. The fraction of sp³-hybridized carbons (Fsp3) is 0.632. The molecule has 2 aliphatic rings. The second-order valence-electron chi connectivity index (χ2n) is 7.05. The van der Waals surface area contributed by atoms with Gasteiger partial charge in [0.2, 0.25) is 5.91 Å². The van der Waals surface area contributed by atoms with Crippen molar-refractivity contribution >= 4 is 5.91 Å². The topological polar surface area (TPSA) is 67.6 Å². The Morgan fingerprint density at radius 2 is 2.17 bits per heavy atom. The molecule has 132 valence electrons. The summed E-state index contributed by atoms with van der Waals surface area (Å²) in [6.45, 7) is 5.47.